The van der Waals surface area contributed by atoms with Crippen molar-refractivity contribution in [2.24, 2.45) is 0 Å². The van der Waals surface area contributed by atoms with Gasteiger partial charge in [-0.1, -0.05) is 36.9 Å². The summed E-state index contributed by atoms with van der Waals surface area (Å²) in [5.41, 5.74) is 2.56. The lowest BCUT2D eigenvalue weighted by molar-refractivity contribution is -0.118. The van der Waals surface area contributed by atoms with E-state index in [2.05, 4.69) is 6.58 Å². The second-order valence-electron chi connectivity index (χ2n) is 4.71. The number of nitrogens with zero attached hydrogens (tertiary/aromatic N) is 1. The number of rotatable bonds is 3. The lowest BCUT2D eigenvalue weighted by Crippen LogP contribution is -2.48. The fourth-order valence-electron chi connectivity index (χ4n) is 2.47. The highest BCUT2D eigenvalue weighted by Crippen LogP contribution is 2.42. The van der Waals surface area contributed by atoms with Crippen molar-refractivity contribution in [3.05, 3.63) is 72.3 Å². The molecular weight excluding hydrogens is 250 g/mol. The van der Waals surface area contributed by atoms with Crippen LogP contribution in [0, 0.1) is 0 Å². The molecule has 0 spiro atoms. The molecule has 2 aromatic rings. The zero-order valence-corrected chi connectivity index (χ0v) is 11.2. The Labute approximate surface area is 118 Å². The van der Waals surface area contributed by atoms with Crippen molar-refractivity contribution in [2.45, 2.75) is 6.04 Å². The first-order valence-electron chi connectivity index (χ1n) is 6.43. The van der Waals surface area contributed by atoms with Crippen molar-refractivity contribution in [1.29, 1.82) is 0 Å². The molecule has 0 N–H and O–H groups in total. The monoisotopic (exact) mass is 265 g/mol. The minimum Gasteiger partial charge on any atom is -0.497 e. The SMILES string of the molecule is C=C1C(=O)N(c2ccccc2)[C@H]1c1ccc(OC)cc1. The number of carbonyl (C=O) groups excluding carboxylic acids is 1. The third-order valence-electron chi connectivity index (χ3n) is 3.55. The predicted octanol–water partition coefficient (Wildman–Crippen LogP) is 3.34. The first-order chi connectivity index (χ1) is 9.72. The van der Waals surface area contributed by atoms with Crippen LogP contribution in [0.5, 0.6) is 5.75 Å². The first-order valence-corrected chi connectivity index (χ1v) is 6.43. The molecular formula is C17H15NO2. The minimum atomic E-state index is -0.0872. The molecule has 0 aromatic heterocycles. The van der Waals surface area contributed by atoms with Crippen LogP contribution in [0.25, 0.3) is 0 Å². The highest BCUT2D eigenvalue weighted by Gasteiger charge is 2.42. The number of hydrogen-bond acceptors (Lipinski definition) is 2. The molecule has 20 heavy (non-hydrogen) atoms. The van der Waals surface area contributed by atoms with Gasteiger partial charge in [0.2, 0.25) is 0 Å². The van der Waals surface area contributed by atoms with E-state index in [1.807, 2.05) is 54.6 Å². The van der Waals surface area contributed by atoms with E-state index in [1.54, 1.807) is 12.0 Å². The van der Waals surface area contributed by atoms with Crippen LogP contribution in [-0.2, 0) is 4.79 Å². The molecule has 3 nitrogen and oxygen atoms in total. The van der Waals surface area contributed by atoms with E-state index in [0.29, 0.717) is 5.57 Å². The van der Waals surface area contributed by atoms with Gasteiger partial charge in [-0.2, -0.15) is 0 Å². The van der Waals surface area contributed by atoms with Crippen LogP contribution in [0.3, 0.4) is 0 Å². The van der Waals surface area contributed by atoms with E-state index in [9.17, 15) is 4.79 Å². The summed E-state index contributed by atoms with van der Waals surface area (Å²) in [6.45, 7) is 3.90. The first kappa shape index (κ1) is 12.5. The Kier molecular flexibility index (Phi) is 3.03. The minimum absolute atomic E-state index is 0.0166. The van der Waals surface area contributed by atoms with Crippen molar-refractivity contribution in [3.8, 4) is 5.75 Å². The second-order valence-corrected chi connectivity index (χ2v) is 4.71. The van der Waals surface area contributed by atoms with Crippen LogP contribution in [0.1, 0.15) is 11.6 Å². The lowest BCUT2D eigenvalue weighted by atomic mass is 9.88. The van der Waals surface area contributed by atoms with E-state index in [-0.39, 0.29) is 11.9 Å². The third-order valence-corrected chi connectivity index (χ3v) is 3.55. The molecule has 1 atom stereocenters. The van der Waals surface area contributed by atoms with Crippen molar-refractivity contribution in [2.75, 3.05) is 12.0 Å². The maximum Gasteiger partial charge on any atom is 0.256 e. The summed E-state index contributed by atoms with van der Waals surface area (Å²) in [7, 11) is 1.64. The summed E-state index contributed by atoms with van der Waals surface area (Å²) in [5, 5.41) is 0. The largest absolute Gasteiger partial charge is 0.497 e. The molecule has 0 radical (unpaired) electrons. The average Bonchev–Trinajstić information content (AvgIpc) is 2.52. The Bertz CT molecular complexity index is 646. The van der Waals surface area contributed by atoms with Gasteiger partial charge >= 0.3 is 0 Å². The second kappa shape index (κ2) is 4.85. The number of benzene rings is 2. The fraction of sp³-hybridized carbons (Fsp3) is 0.118. The molecule has 2 aromatic carbocycles. The average molecular weight is 265 g/mol. The summed E-state index contributed by atoms with van der Waals surface area (Å²) >= 11 is 0. The molecule has 1 fully saturated rings. The van der Waals surface area contributed by atoms with Gasteiger partial charge in [-0.3, -0.25) is 9.69 Å². The summed E-state index contributed by atoms with van der Waals surface area (Å²) in [6.07, 6.45) is 0. The molecule has 0 bridgehead atoms. The maximum atomic E-state index is 12.1. The molecule has 1 aliphatic heterocycles. The molecule has 0 unspecified atom stereocenters. The lowest BCUT2D eigenvalue weighted by Gasteiger charge is -2.42. The van der Waals surface area contributed by atoms with E-state index in [1.165, 1.54) is 0 Å². The van der Waals surface area contributed by atoms with Gasteiger partial charge in [0, 0.05) is 11.3 Å². The molecule has 100 valence electrons. The number of hydrogen-bond donors (Lipinski definition) is 0. The number of methoxy groups -OCH3 is 1. The van der Waals surface area contributed by atoms with Crippen molar-refractivity contribution < 1.29 is 9.53 Å². The van der Waals surface area contributed by atoms with Gasteiger partial charge in [0.05, 0.1) is 13.2 Å². The van der Waals surface area contributed by atoms with Gasteiger partial charge < -0.3 is 4.74 Å². The van der Waals surface area contributed by atoms with Crippen molar-refractivity contribution in [1.82, 2.24) is 0 Å². The smallest absolute Gasteiger partial charge is 0.256 e. The number of amides is 1. The highest BCUT2D eigenvalue weighted by molar-refractivity contribution is 6.14. The van der Waals surface area contributed by atoms with Crippen molar-refractivity contribution >= 4 is 11.6 Å². The van der Waals surface area contributed by atoms with Crippen LogP contribution in [-0.4, -0.2) is 13.0 Å². The number of β-lactam (4-membered cyclic amide) rings is 1. The number of anilines is 1. The van der Waals surface area contributed by atoms with E-state index in [0.717, 1.165) is 17.0 Å². The zero-order valence-electron chi connectivity index (χ0n) is 11.2. The van der Waals surface area contributed by atoms with Crippen LogP contribution in [0.15, 0.2) is 66.7 Å². The molecule has 0 aliphatic carbocycles. The Morgan fingerprint density at radius 3 is 2.30 bits per heavy atom. The third kappa shape index (κ3) is 1.88. The maximum absolute atomic E-state index is 12.1. The Hall–Kier alpha value is -2.55. The van der Waals surface area contributed by atoms with Gasteiger partial charge in [-0.15, -0.1) is 0 Å². The summed E-state index contributed by atoms with van der Waals surface area (Å²) in [6, 6.07) is 17.3. The van der Waals surface area contributed by atoms with Gasteiger partial charge in [-0.25, -0.2) is 0 Å². The van der Waals surface area contributed by atoms with Crippen LogP contribution in [0.4, 0.5) is 5.69 Å². The van der Waals surface area contributed by atoms with Crippen molar-refractivity contribution in [3.63, 3.8) is 0 Å². The molecule has 1 aliphatic rings. The van der Waals surface area contributed by atoms with Gasteiger partial charge in [0.25, 0.3) is 5.91 Å². The molecule has 3 heteroatoms. The Balaban J connectivity index is 1.94. The standard InChI is InChI=1S/C17H15NO2/c1-12-16(13-8-10-15(20-2)11-9-13)18(17(12)19)14-6-4-3-5-7-14/h3-11,16H,1H2,2H3/t16-/m1/s1. The Morgan fingerprint density at radius 1 is 1.05 bits per heavy atom. The van der Waals surface area contributed by atoms with Crippen LogP contribution in [0.2, 0.25) is 0 Å². The fourth-order valence-corrected chi connectivity index (χ4v) is 2.47. The molecule has 3 rings (SSSR count). The summed E-state index contributed by atoms with van der Waals surface area (Å²) in [5.74, 6) is 0.785. The number of carbonyl (C=O) groups is 1. The topological polar surface area (TPSA) is 29.5 Å². The zero-order chi connectivity index (χ0) is 14.1. The quantitative estimate of drug-likeness (QED) is 0.629. The molecule has 1 amide bonds. The van der Waals surface area contributed by atoms with Gasteiger partial charge in [0.15, 0.2) is 0 Å². The molecule has 0 saturated carbocycles. The van der Waals surface area contributed by atoms with Gasteiger partial charge in [-0.05, 0) is 29.8 Å². The van der Waals surface area contributed by atoms with E-state index < -0.39 is 0 Å². The number of ether oxygens (including phenoxy) is 1. The predicted molar refractivity (Wildman–Crippen MR) is 78.8 cm³/mol. The van der Waals surface area contributed by atoms with Gasteiger partial charge in [0.1, 0.15) is 5.75 Å². The highest BCUT2D eigenvalue weighted by atomic mass is 16.5. The summed E-state index contributed by atoms with van der Waals surface area (Å²) < 4.78 is 5.16. The summed E-state index contributed by atoms with van der Waals surface area (Å²) in [4.78, 5) is 13.8. The van der Waals surface area contributed by atoms with Crippen LogP contribution < -0.4 is 9.64 Å². The number of para-hydroxylation sites is 1. The van der Waals surface area contributed by atoms with E-state index in [4.69, 9.17) is 4.74 Å². The van der Waals surface area contributed by atoms with Crippen LogP contribution >= 0.6 is 0 Å². The normalized spacial score (nSPS) is 17.9. The molecule has 1 saturated heterocycles. The Morgan fingerprint density at radius 2 is 1.70 bits per heavy atom. The van der Waals surface area contributed by atoms with E-state index >= 15 is 0 Å². The molecule has 1 heterocycles.